The summed E-state index contributed by atoms with van der Waals surface area (Å²) >= 11 is 0. The Hall–Kier alpha value is -0.0800. The van der Waals surface area contributed by atoms with Gasteiger partial charge >= 0.3 is 0 Å². The van der Waals surface area contributed by atoms with E-state index in [4.69, 9.17) is 0 Å². The van der Waals surface area contributed by atoms with Crippen LogP contribution in [0, 0.1) is 46.3 Å². The quantitative estimate of drug-likeness (QED) is 0.543. The highest BCUT2D eigenvalue weighted by Gasteiger charge is 2.66. The Bertz CT molecular complexity index is 587. The molecule has 9 atom stereocenters. The number of fused-ring (bicyclic) bond motifs is 5. The lowest BCUT2D eigenvalue weighted by Gasteiger charge is -2.65. The van der Waals surface area contributed by atoms with Crippen LogP contribution in [-0.4, -0.2) is 21.9 Å². The Kier molecular flexibility index (Phi) is 5.95. The van der Waals surface area contributed by atoms with Crippen LogP contribution in [0.15, 0.2) is 0 Å². The molecule has 4 aliphatic rings. The van der Waals surface area contributed by atoms with Gasteiger partial charge in [-0.25, -0.2) is 0 Å². The summed E-state index contributed by atoms with van der Waals surface area (Å²) in [6.45, 7) is 12.2. The van der Waals surface area contributed by atoms with Crippen LogP contribution >= 0.6 is 0 Å². The van der Waals surface area contributed by atoms with Crippen LogP contribution in [0.1, 0.15) is 112 Å². The van der Waals surface area contributed by atoms with Crippen LogP contribution in [0.5, 0.6) is 0 Å². The molecular weight excluding hydrogens is 356 g/mol. The van der Waals surface area contributed by atoms with E-state index in [0.29, 0.717) is 17.3 Å². The molecule has 4 fully saturated rings. The van der Waals surface area contributed by atoms with Gasteiger partial charge in [-0.3, -0.25) is 0 Å². The van der Waals surface area contributed by atoms with Gasteiger partial charge in [0.1, 0.15) is 0 Å². The summed E-state index contributed by atoms with van der Waals surface area (Å²) in [5.74, 6) is 4.51. The first-order chi connectivity index (χ1) is 13.6. The number of hydrogen-bond donors (Lipinski definition) is 2. The van der Waals surface area contributed by atoms with Gasteiger partial charge in [-0.2, -0.15) is 0 Å². The highest BCUT2D eigenvalue weighted by Crippen LogP contribution is 2.69. The lowest BCUT2D eigenvalue weighted by Crippen LogP contribution is -2.67. The summed E-state index contributed by atoms with van der Waals surface area (Å²) < 4.78 is 0. The second-order valence-corrected chi connectivity index (χ2v) is 12.7. The Morgan fingerprint density at radius 1 is 0.897 bits per heavy atom. The molecule has 0 aromatic carbocycles. The maximum absolute atomic E-state index is 11.6. The predicted molar refractivity (Wildman–Crippen MR) is 121 cm³/mol. The Labute approximate surface area is 180 Å². The van der Waals surface area contributed by atoms with Crippen LogP contribution in [0.25, 0.3) is 0 Å². The Morgan fingerprint density at radius 2 is 1.62 bits per heavy atom. The van der Waals surface area contributed by atoms with Crippen LogP contribution < -0.4 is 0 Å². The molecule has 0 aliphatic heterocycles. The van der Waals surface area contributed by atoms with E-state index in [2.05, 4.69) is 34.6 Å². The molecule has 2 nitrogen and oxygen atoms in total. The minimum Gasteiger partial charge on any atom is -0.390 e. The average Bonchev–Trinajstić information content (AvgIpc) is 3.01. The van der Waals surface area contributed by atoms with Gasteiger partial charge in [0.2, 0.25) is 0 Å². The second kappa shape index (κ2) is 7.80. The molecule has 0 saturated heterocycles. The fourth-order valence-corrected chi connectivity index (χ4v) is 9.33. The van der Waals surface area contributed by atoms with Crippen molar-refractivity contribution in [2.45, 2.75) is 123 Å². The highest BCUT2D eigenvalue weighted by molar-refractivity contribution is 5.16. The standard InChI is InChI=1S/C27H48O2/c1-18(2)9-8-10-19(3)21-11-12-22-20-17-24(28)27(29)15-7-6-14-26(27,5)23(20)13-16-25(21,22)4/h18-24,28-29H,6-17H2,1-5H3/t19-,20-,21-,22+,23-,24+,25-,26-,27+/m1/s1. The summed E-state index contributed by atoms with van der Waals surface area (Å²) in [6.07, 6.45) is 14.1. The zero-order valence-corrected chi connectivity index (χ0v) is 19.9. The Balaban J connectivity index is 1.53. The third-order valence-electron chi connectivity index (χ3n) is 11.0. The van der Waals surface area contributed by atoms with Crippen LogP contribution in [0.3, 0.4) is 0 Å². The summed E-state index contributed by atoms with van der Waals surface area (Å²) in [5, 5.41) is 22.8. The molecular formula is C27H48O2. The molecule has 0 heterocycles. The van der Waals surface area contributed by atoms with Crippen molar-refractivity contribution in [1.29, 1.82) is 0 Å². The molecule has 0 spiro atoms. The van der Waals surface area contributed by atoms with Crippen molar-refractivity contribution in [2.75, 3.05) is 0 Å². The fourth-order valence-electron chi connectivity index (χ4n) is 9.33. The summed E-state index contributed by atoms with van der Waals surface area (Å²) in [7, 11) is 0. The zero-order chi connectivity index (χ0) is 21.0. The molecule has 168 valence electrons. The first-order valence-electron chi connectivity index (χ1n) is 13.0. The van der Waals surface area contributed by atoms with E-state index in [1.54, 1.807) is 0 Å². The van der Waals surface area contributed by atoms with Gasteiger partial charge in [-0.1, -0.05) is 66.7 Å². The zero-order valence-electron chi connectivity index (χ0n) is 19.9. The molecule has 0 unspecified atom stereocenters. The number of rotatable bonds is 5. The van der Waals surface area contributed by atoms with Crippen molar-refractivity contribution in [3.05, 3.63) is 0 Å². The number of aliphatic hydroxyl groups is 2. The van der Waals surface area contributed by atoms with Gasteiger partial charge in [0.25, 0.3) is 0 Å². The van der Waals surface area contributed by atoms with Gasteiger partial charge in [0.15, 0.2) is 0 Å². The van der Waals surface area contributed by atoms with Crippen LogP contribution in [-0.2, 0) is 0 Å². The number of hydrogen-bond acceptors (Lipinski definition) is 2. The molecule has 0 bridgehead atoms. The molecule has 29 heavy (non-hydrogen) atoms. The van der Waals surface area contributed by atoms with E-state index in [1.807, 2.05) is 0 Å². The largest absolute Gasteiger partial charge is 0.390 e. The third kappa shape index (κ3) is 3.34. The minimum atomic E-state index is -0.831. The first kappa shape index (κ1) is 22.1. The SMILES string of the molecule is CC(C)CCC[C@@H](C)[C@H]1CC[C@H]2[C@H]3C[C@H](O)[C@@]4(O)CCCC[C@]4(C)[C@@H]3CC[C@]12C. The first-order valence-corrected chi connectivity index (χ1v) is 13.0. The van der Waals surface area contributed by atoms with Crippen molar-refractivity contribution >= 4 is 0 Å². The predicted octanol–water partition coefficient (Wildman–Crippen LogP) is 6.58. The van der Waals surface area contributed by atoms with Gasteiger partial charge in [-0.15, -0.1) is 0 Å². The van der Waals surface area contributed by atoms with Gasteiger partial charge in [0.05, 0.1) is 11.7 Å². The summed E-state index contributed by atoms with van der Waals surface area (Å²) in [4.78, 5) is 0. The van der Waals surface area contributed by atoms with Gasteiger partial charge < -0.3 is 10.2 Å². The van der Waals surface area contributed by atoms with Crippen molar-refractivity contribution < 1.29 is 10.2 Å². The molecule has 4 rings (SSSR count). The lowest BCUT2D eigenvalue weighted by atomic mass is 9.42. The normalized spacial score (nSPS) is 50.7. The average molecular weight is 405 g/mol. The topological polar surface area (TPSA) is 40.5 Å². The molecule has 0 amide bonds. The van der Waals surface area contributed by atoms with E-state index in [0.717, 1.165) is 49.4 Å². The molecule has 2 N–H and O–H groups in total. The fraction of sp³-hybridized carbons (Fsp3) is 1.00. The molecule has 2 heteroatoms. The highest BCUT2D eigenvalue weighted by atomic mass is 16.3. The van der Waals surface area contributed by atoms with E-state index in [-0.39, 0.29) is 5.41 Å². The van der Waals surface area contributed by atoms with Gasteiger partial charge in [0, 0.05) is 5.41 Å². The minimum absolute atomic E-state index is 0.0735. The maximum Gasteiger partial charge on any atom is 0.0961 e. The molecule has 0 aromatic heterocycles. The van der Waals surface area contributed by atoms with Crippen LogP contribution in [0.2, 0.25) is 0 Å². The number of aliphatic hydroxyl groups excluding tert-OH is 1. The second-order valence-electron chi connectivity index (χ2n) is 12.7. The smallest absolute Gasteiger partial charge is 0.0961 e. The van der Waals surface area contributed by atoms with Crippen molar-refractivity contribution in [3.63, 3.8) is 0 Å². The van der Waals surface area contributed by atoms with Crippen molar-refractivity contribution in [1.82, 2.24) is 0 Å². The summed E-state index contributed by atoms with van der Waals surface area (Å²) in [5.41, 5.74) is -0.448. The van der Waals surface area contributed by atoms with Crippen molar-refractivity contribution in [2.24, 2.45) is 46.3 Å². The third-order valence-corrected chi connectivity index (χ3v) is 11.0. The Morgan fingerprint density at radius 3 is 2.34 bits per heavy atom. The molecule has 0 radical (unpaired) electrons. The van der Waals surface area contributed by atoms with E-state index in [1.165, 1.54) is 51.4 Å². The van der Waals surface area contributed by atoms with E-state index < -0.39 is 11.7 Å². The summed E-state index contributed by atoms with van der Waals surface area (Å²) in [6, 6.07) is 0. The molecule has 0 aromatic rings. The monoisotopic (exact) mass is 404 g/mol. The van der Waals surface area contributed by atoms with Gasteiger partial charge in [-0.05, 0) is 85.9 Å². The molecule has 4 saturated carbocycles. The van der Waals surface area contributed by atoms with Crippen molar-refractivity contribution in [3.8, 4) is 0 Å². The van der Waals surface area contributed by atoms with Crippen LogP contribution in [0.4, 0.5) is 0 Å². The van der Waals surface area contributed by atoms with E-state index in [9.17, 15) is 10.2 Å². The van der Waals surface area contributed by atoms with E-state index >= 15 is 0 Å². The maximum atomic E-state index is 11.6. The lowest BCUT2D eigenvalue weighted by molar-refractivity contribution is -0.253. The molecule has 4 aliphatic carbocycles.